The molecule has 0 saturated heterocycles. The van der Waals surface area contributed by atoms with E-state index in [1.165, 1.54) is 26.6 Å². The first kappa shape index (κ1) is 24.4. The predicted molar refractivity (Wildman–Crippen MR) is 172 cm³/mol. The Morgan fingerprint density at radius 2 is 1.27 bits per heavy atom. The second kappa shape index (κ2) is 9.34. The highest BCUT2D eigenvalue weighted by Crippen LogP contribution is 2.45. The summed E-state index contributed by atoms with van der Waals surface area (Å²) in [5, 5.41) is 4.75. The topological polar surface area (TPSA) is 34.9 Å². The molecule has 0 N–H and O–H groups in total. The number of hydrogen-bond donors (Lipinski definition) is 0. The summed E-state index contributed by atoms with van der Waals surface area (Å²) in [5.74, 6) is 1.01. The molecule has 3 nitrogen and oxygen atoms in total. The van der Waals surface area contributed by atoms with Crippen LogP contribution in [0.5, 0.6) is 0 Å². The molecule has 1 aliphatic heterocycles. The minimum atomic E-state index is -3.02. The number of hydrogen-bond acceptors (Lipinski definition) is 3. The second-order valence-electron chi connectivity index (χ2n) is 10.4. The normalized spacial score (nSPS) is 12.5. The van der Waals surface area contributed by atoms with Crippen molar-refractivity contribution in [1.82, 2.24) is 9.55 Å². The van der Waals surface area contributed by atoms with Crippen molar-refractivity contribution in [3.05, 3.63) is 139 Å². The van der Waals surface area contributed by atoms with Gasteiger partial charge in [-0.1, -0.05) is 109 Å². The zero-order chi connectivity index (χ0) is 27.6. The summed E-state index contributed by atoms with van der Waals surface area (Å²) in [5.41, 5.74) is 5.75. The summed E-state index contributed by atoms with van der Waals surface area (Å²) >= 11 is 1.81. The number of benzene rings is 6. The lowest BCUT2D eigenvalue weighted by Crippen LogP contribution is -2.24. The quantitative estimate of drug-likeness (QED) is 0.202. The van der Waals surface area contributed by atoms with Crippen molar-refractivity contribution in [3.63, 3.8) is 0 Å². The van der Waals surface area contributed by atoms with Crippen LogP contribution in [0.25, 0.3) is 38.6 Å². The van der Waals surface area contributed by atoms with Gasteiger partial charge in [0.15, 0.2) is 7.14 Å². The Hall–Kier alpha value is -4.37. The number of nitrogens with zero attached hydrogens (tertiary/aromatic N) is 2. The SMILES string of the molecule is Cc1nc2cccc3c2n1-c1ccc(-c2ccc4cc(P(=O)(c5ccccc5)c5ccccc5)ccc4c2)cc1S3. The van der Waals surface area contributed by atoms with Gasteiger partial charge in [-0.15, -0.1) is 0 Å². The number of aryl methyl sites for hydroxylation is 1. The van der Waals surface area contributed by atoms with Gasteiger partial charge in [0.2, 0.25) is 0 Å². The fraction of sp³-hybridized carbons (Fsp3) is 0.0278. The molecule has 6 aromatic carbocycles. The Morgan fingerprint density at radius 1 is 0.610 bits per heavy atom. The van der Waals surface area contributed by atoms with E-state index in [2.05, 4.69) is 78.2 Å². The molecule has 2 heterocycles. The van der Waals surface area contributed by atoms with Gasteiger partial charge in [0.25, 0.3) is 0 Å². The largest absolute Gasteiger partial charge is 0.309 e. The predicted octanol–water partition coefficient (Wildman–Crippen LogP) is 8.26. The smallest absolute Gasteiger partial charge is 0.171 e. The Bertz CT molecular complexity index is 2130. The zero-order valence-corrected chi connectivity index (χ0v) is 24.1. The van der Waals surface area contributed by atoms with Crippen LogP contribution < -0.4 is 15.9 Å². The van der Waals surface area contributed by atoms with Crippen LogP contribution in [-0.4, -0.2) is 9.55 Å². The van der Waals surface area contributed by atoms with Gasteiger partial charge < -0.3 is 4.57 Å². The van der Waals surface area contributed by atoms with Crippen LogP contribution >= 0.6 is 18.9 Å². The molecular formula is C36H25N2OPS. The van der Waals surface area contributed by atoms with Crippen LogP contribution in [0.3, 0.4) is 0 Å². The molecule has 0 amide bonds. The molecule has 1 aliphatic rings. The van der Waals surface area contributed by atoms with E-state index >= 15 is 0 Å². The molecule has 0 unspecified atom stereocenters. The highest BCUT2D eigenvalue weighted by Gasteiger charge is 2.29. The van der Waals surface area contributed by atoms with Crippen LogP contribution in [0.1, 0.15) is 5.82 Å². The van der Waals surface area contributed by atoms with Gasteiger partial charge in [0.1, 0.15) is 5.82 Å². The molecule has 0 fully saturated rings. The molecule has 0 spiro atoms. The first-order chi connectivity index (χ1) is 20.1. The summed E-state index contributed by atoms with van der Waals surface area (Å²) in [7, 11) is -3.02. The van der Waals surface area contributed by atoms with Gasteiger partial charge in [-0.25, -0.2) is 4.98 Å². The standard InChI is InChI=1S/C36H25N2OPS/c1-24-37-32-13-8-14-34-36(32)38(24)33-20-18-28(23-35(33)41-34)25-15-16-27-22-31(19-17-26(27)21-25)40(39,29-9-4-2-5-10-29)30-11-6-3-7-12-30/h2-23H,1H3. The van der Waals surface area contributed by atoms with Crippen molar-refractivity contribution in [2.45, 2.75) is 16.7 Å². The molecule has 0 aliphatic carbocycles. The van der Waals surface area contributed by atoms with E-state index in [4.69, 9.17) is 4.98 Å². The highest BCUT2D eigenvalue weighted by molar-refractivity contribution is 7.99. The Kier molecular flexibility index (Phi) is 5.57. The average Bonchev–Trinajstić information content (AvgIpc) is 3.38. The Labute approximate surface area is 242 Å². The summed E-state index contributed by atoms with van der Waals surface area (Å²) in [6.07, 6.45) is 0. The molecular weight excluding hydrogens is 539 g/mol. The minimum absolute atomic E-state index is 0.848. The van der Waals surface area contributed by atoms with Gasteiger partial charge in [-0.3, -0.25) is 4.57 Å². The molecule has 0 radical (unpaired) electrons. The minimum Gasteiger partial charge on any atom is -0.309 e. The van der Waals surface area contributed by atoms with E-state index in [1.807, 2.05) is 78.5 Å². The summed E-state index contributed by atoms with van der Waals surface area (Å²) in [6, 6.07) is 45.6. The zero-order valence-electron chi connectivity index (χ0n) is 22.4. The third-order valence-corrected chi connectivity index (χ3v) is 12.1. The van der Waals surface area contributed by atoms with E-state index in [0.717, 1.165) is 43.6 Å². The van der Waals surface area contributed by atoms with Gasteiger partial charge in [0, 0.05) is 25.7 Å². The number of aromatic nitrogens is 2. The first-order valence-corrected chi connectivity index (χ1v) is 16.2. The first-order valence-electron chi connectivity index (χ1n) is 13.7. The van der Waals surface area contributed by atoms with Crippen molar-refractivity contribution < 1.29 is 4.57 Å². The maximum Gasteiger partial charge on any atom is 0.171 e. The lowest BCUT2D eigenvalue weighted by Gasteiger charge is -2.21. The van der Waals surface area contributed by atoms with E-state index in [0.29, 0.717) is 0 Å². The van der Waals surface area contributed by atoms with Crippen molar-refractivity contribution in [2.24, 2.45) is 0 Å². The van der Waals surface area contributed by atoms with Crippen LogP contribution in [-0.2, 0) is 4.57 Å². The molecule has 1 aromatic heterocycles. The van der Waals surface area contributed by atoms with Crippen LogP contribution in [0.15, 0.2) is 143 Å². The molecule has 7 aromatic rings. The van der Waals surface area contributed by atoms with Gasteiger partial charge in [-0.05, 0) is 65.2 Å². The molecule has 0 bridgehead atoms. The van der Waals surface area contributed by atoms with Crippen molar-refractivity contribution >= 4 is 56.6 Å². The fourth-order valence-electron chi connectivity index (χ4n) is 6.00. The van der Waals surface area contributed by atoms with Gasteiger partial charge >= 0.3 is 0 Å². The van der Waals surface area contributed by atoms with Crippen molar-refractivity contribution in [3.8, 4) is 16.8 Å². The number of fused-ring (bicyclic) bond motifs is 3. The molecule has 8 rings (SSSR count). The lowest BCUT2D eigenvalue weighted by atomic mass is 10.0. The summed E-state index contributed by atoms with van der Waals surface area (Å²) in [4.78, 5) is 7.25. The Balaban J connectivity index is 1.21. The van der Waals surface area contributed by atoms with Crippen LogP contribution in [0, 0.1) is 6.92 Å². The summed E-state index contributed by atoms with van der Waals surface area (Å²) in [6.45, 7) is 2.07. The van der Waals surface area contributed by atoms with Crippen LogP contribution in [0.2, 0.25) is 0 Å². The fourth-order valence-corrected chi connectivity index (χ4v) is 9.81. The third kappa shape index (κ3) is 3.83. The molecule has 0 atom stereocenters. The lowest BCUT2D eigenvalue weighted by molar-refractivity contribution is 0.592. The second-order valence-corrected chi connectivity index (χ2v) is 14.3. The van der Waals surface area contributed by atoms with E-state index in [9.17, 15) is 4.57 Å². The number of imidazole rings is 1. The monoisotopic (exact) mass is 564 g/mol. The van der Waals surface area contributed by atoms with Gasteiger partial charge in [-0.2, -0.15) is 0 Å². The maximum atomic E-state index is 14.8. The maximum absolute atomic E-state index is 14.8. The molecule has 0 saturated carbocycles. The summed E-state index contributed by atoms with van der Waals surface area (Å²) < 4.78 is 17.1. The molecule has 41 heavy (non-hydrogen) atoms. The van der Waals surface area contributed by atoms with Crippen LogP contribution in [0.4, 0.5) is 0 Å². The van der Waals surface area contributed by atoms with E-state index < -0.39 is 7.14 Å². The number of para-hydroxylation sites is 1. The van der Waals surface area contributed by atoms with E-state index in [1.54, 1.807) is 0 Å². The van der Waals surface area contributed by atoms with Crippen molar-refractivity contribution in [2.75, 3.05) is 0 Å². The average molecular weight is 565 g/mol. The third-order valence-electron chi connectivity index (χ3n) is 7.99. The molecule has 196 valence electrons. The van der Waals surface area contributed by atoms with Crippen molar-refractivity contribution in [1.29, 1.82) is 0 Å². The van der Waals surface area contributed by atoms with E-state index in [-0.39, 0.29) is 0 Å². The number of rotatable bonds is 4. The highest BCUT2D eigenvalue weighted by atomic mass is 32.2. The Morgan fingerprint density at radius 3 is 2.02 bits per heavy atom. The molecule has 5 heteroatoms. The van der Waals surface area contributed by atoms with Gasteiger partial charge in [0.05, 0.1) is 16.7 Å².